The first-order valence-electron chi connectivity index (χ1n) is 10.2. The van der Waals surface area contributed by atoms with Crippen LogP contribution in [0.15, 0.2) is 54.7 Å². The summed E-state index contributed by atoms with van der Waals surface area (Å²) in [5.41, 5.74) is 4.88. The summed E-state index contributed by atoms with van der Waals surface area (Å²) in [5.74, 6) is 0.0551. The fourth-order valence-electron chi connectivity index (χ4n) is 3.98. The van der Waals surface area contributed by atoms with Crippen molar-refractivity contribution in [1.29, 1.82) is 0 Å². The third kappa shape index (κ3) is 4.54. The van der Waals surface area contributed by atoms with Crippen LogP contribution in [-0.4, -0.2) is 38.2 Å². The summed E-state index contributed by atoms with van der Waals surface area (Å²) in [6, 6.07) is 15.7. The molecule has 29 heavy (non-hydrogen) atoms. The minimum Gasteiger partial charge on any atom is -0.325 e. The Hall–Kier alpha value is -2.99. The highest BCUT2D eigenvalue weighted by molar-refractivity contribution is 5.95. The Balaban J connectivity index is 1.44. The first-order valence-corrected chi connectivity index (χ1v) is 10.2. The summed E-state index contributed by atoms with van der Waals surface area (Å²) in [6.07, 6.45) is 4.88. The van der Waals surface area contributed by atoms with Crippen LogP contribution in [0.2, 0.25) is 0 Å². The maximum absolute atomic E-state index is 13.0. The van der Waals surface area contributed by atoms with Crippen LogP contribution in [0.4, 0.5) is 5.69 Å². The van der Waals surface area contributed by atoms with E-state index in [-0.39, 0.29) is 11.9 Å². The number of nitrogens with one attached hydrogen (secondary N) is 1. The molecule has 0 saturated carbocycles. The van der Waals surface area contributed by atoms with E-state index < -0.39 is 0 Å². The monoisotopic (exact) mass is 389 g/mol. The van der Waals surface area contributed by atoms with Gasteiger partial charge in [-0.15, -0.1) is 0 Å². The van der Waals surface area contributed by atoms with E-state index in [1.54, 1.807) is 6.20 Å². The molecule has 1 atom stereocenters. The third-order valence-corrected chi connectivity index (χ3v) is 5.40. The fraction of sp³-hybridized carbons (Fsp3) is 0.348. The molecular formula is C23H27N5O. The molecule has 1 N–H and O–H groups in total. The summed E-state index contributed by atoms with van der Waals surface area (Å²) < 4.78 is 1.91. The highest BCUT2D eigenvalue weighted by atomic mass is 16.2. The Morgan fingerprint density at radius 2 is 1.97 bits per heavy atom. The molecule has 0 aliphatic carbocycles. The average molecular weight is 390 g/mol. The number of pyridine rings is 1. The van der Waals surface area contributed by atoms with E-state index in [4.69, 9.17) is 0 Å². The predicted molar refractivity (Wildman–Crippen MR) is 114 cm³/mol. The molecule has 6 nitrogen and oxygen atoms in total. The highest BCUT2D eigenvalue weighted by Crippen LogP contribution is 2.22. The van der Waals surface area contributed by atoms with Crippen LogP contribution in [0.3, 0.4) is 0 Å². The molecule has 0 radical (unpaired) electrons. The molecule has 1 amide bonds. The van der Waals surface area contributed by atoms with E-state index in [1.165, 1.54) is 0 Å². The smallest absolute Gasteiger partial charge is 0.241 e. The van der Waals surface area contributed by atoms with Gasteiger partial charge in [0.1, 0.15) is 0 Å². The first-order chi connectivity index (χ1) is 14.1. The molecule has 3 aromatic rings. The zero-order valence-electron chi connectivity index (χ0n) is 17.0. The second kappa shape index (κ2) is 8.57. The number of carbonyl (C=O) groups is 1. The van der Waals surface area contributed by atoms with E-state index in [2.05, 4.69) is 26.4 Å². The molecule has 1 saturated heterocycles. The molecule has 3 heterocycles. The molecule has 0 unspecified atom stereocenters. The van der Waals surface area contributed by atoms with Gasteiger partial charge in [0.05, 0.1) is 23.1 Å². The SMILES string of the molecule is Cc1cc(C)n(-c2ccc(NC(=O)[C@H]3CCCCN3Cc3ccccn3)cc2)n1. The number of hydrogen-bond acceptors (Lipinski definition) is 4. The van der Waals surface area contributed by atoms with Crippen LogP contribution in [0.25, 0.3) is 5.69 Å². The zero-order chi connectivity index (χ0) is 20.2. The van der Waals surface area contributed by atoms with Crippen LogP contribution in [-0.2, 0) is 11.3 Å². The molecule has 0 spiro atoms. The number of aryl methyl sites for hydroxylation is 2. The Bertz CT molecular complexity index is 965. The molecular weight excluding hydrogens is 362 g/mol. The van der Waals surface area contributed by atoms with Crippen LogP contribution < -0.4 is 5.32 Å². The number of rotatable bonds is 5. The number of piperidine rings is 1. The van der Waals surface area contributed by atoms with Crippen LogP contribution in [0.1, 0.15) is 36.3 Å². The Labute approximate surface area is 171 Å². The summed E-state index contributed by atoms with van der Waals surface area (Å²) in [4.78, 5) is 19.6. The number of anilines is 1. The second-order valence-electron chi connectivity index (χ2n) is 7.68. The first kappa shape index (κ1) is 19.3. The van der Waals surface area contributed by atoms with E-state index >= 15 is 0 Å². The lowest BCUT2D eigenvalue weighted by molar-refractivity contribution is -0.122. The number of nitrogens with zero attached hydrogens (tertiary/aromatic N) is 4. The maximum Gasteiger partial charge on any atom is 0.241 e. The van der Waals surface area contributed by atoms with E-state index in [9.17, 15) is 4.79 Å². The number of hydrogen-bond donors (Lipinski definition) is 1. The quantitative estimate of drug-likeness (QED) is 0.719. The number of amides is 1. The minimum atomic E-state index is -0.124. The summed E-state index contributed by atoms with van der Waals surface area (Å²) in [6.45, 7) is 5.65. The Morgan fingerprint density at radius 1 is 1.14 bits per heavy atom. The largest absolute Gasteiger partial charge is 0.325 e. The molecule has 4 rings (SSSR count). The van der Waals surface area contributed by atoms with Crippen molar-refractivity contribution >= 4 is 11.6 Å². The lowest BCUT2D eigenvalue weighted by Crippen LogP contribution is -2.46. The molecule has 1 aliphatic rings. The fourth-order valence-corrected chi connectivity index (χ4v) is 3.98. The predicted octanol–water partition coefficient (Wildman–Crippen LogP) is 3.88. The Kier molecular flexibility index (Phi) is 5.71. The van der Waals surface area contributed by atoms with Gasteiger partial charge in [0.15, 0.2) is 0 Å². The van der Waals surface area contributed by atoms with Crippen molar-refractivity contribution in [3.05, 3.63) is 71.8 Å². The van der Waals surface area contributed by atoms with Crippen LogP contribution in [0.5, 0.6) is 0 Å². The molecule has 150 valence electrons. The average Bonchev–Trinajstić information content (AvgIpc) is 3.08. The van der Waals surface area contributed by atoms with Crippen LogP contribution >= 0.6 is 0 Å². The van der Waals surface area contributed by atoms with Crippen molar-refractivity contribution in [1.82, 2.24) is 19.7 Å². The third-order valence-electron chi connectivity index (χ3n) is 5.40. The van der Waals surface area contributed by atoms with E-state index in [0.29, 0.717) is 6.54 Å². The van der Waals surface area contributed by atoms with Gasteiger partial charge in [-0.2, -0.15) is 5.10 Å². The van der Waals surface area contributed by atoms with Crippen molar-refractivity contribution in [2.75, 3.05) is 11.9 Å². The van der Waals surface area contributed by atoms with Gasteiger partial charge in [0, 0.05) is 24.1 Å². The van der Waals surface area contributed by atoms with Crippen molar-refractivity contribution in [2.24, 2.45) is 0 Å². The number of likely N-dealkylation sites (tertiary alicyclic amines) is 1. The summed E-state index contributed by atoms with van der Waals surface area (Å²) in [5, 5.41) is 7.61. The normalized spacial score (nSPS) is 17.2. The van der Waals surface area contributed by atoms with E-state index in [0.717, 1.165) is 54.3 Å². The van der Waals surface area contributed by atoms with Crippen molar-refractivity contribution < 1.29 is 4.79 Å². The van der Waals surface area contributed by atoms with Gasteiger partial charge in [0.25, 0.3) is 0 Å². The van der Waals surface area contributed by atoms with Crippen molar-refractivity contribution in [3.8, 4) is 5.69 Å². The molecule has 1 aliphatic heterocycles. The molecule has 1 fully saturated rings. The molecule has 1 aromatic carbocycles. The van der Waals surface area contributed by atoms with Gasteiger partial charge in [-0.05, 0) is 75.7 Å². The number of carbonyl (C=O) groups excluding carboxylic acids is 1. The van der Waals surface area contributed by atoms with Gasteiger partial charge in [-0.1, -0.05) is 12.5 Å². The summed E-state index contributed by atoms with van der Waals surface area (Å²) in [7, 11) is 0. The van der Waals surface area contributed by atoms with Gasteiger partial charge < -0.3 is 5.32 Å². The van der Waals surface area contributed by atoms with Crippen molar-refractivity contribution in [2.45, 2.75) is 45.7 Å². The minimum absolute atomic E-state index is 0.0551. The number of benzene rings is 1. The van der Waals surface area contributed by atoms with Gasteiger partial charge in [0.2, 0.25) is 5.91 Å². The Morgan fingerprint density at radius 3 is 2.66 bits per heavy atom. The molecule has 6 heteroatoms. The summed E-state index contributed by atoms with van der Waals surface area (Å²) >= 11 is 0. The standard InChI is InChI=1S/C23H27N5O/c1-17-15-18(2)28(26-17)21-11-9-19(10-12-21)25-23(29)22-8-4-6-14-27(22)16-20-7-3-5-13-24-20/h3,5,7,9-13,15,22H,4,6,8,14,16H2,1-2H3,(H,25,29)/t22-/m1/s1. The molecule has 2 aromatic heterocycles. The molecule has 0 bridgehead atoms. The maximum atomic E-state index is 13.0. The van der Waals surface area contributed by atoms with Gasteiger partial charge in [-0.3, -0.25) is 14.7 Å². The lowest BCUT2D eigenvalue weighted by atomic mass is 10.0. The van der Waals surface area contributed by atoms with Gasteiger partial charge in [-0.25, -0.2) is 4.68 Å². The van der Waals surface area contributed by atoms with E-state index in [1.807, 2.05) is 61.0 Å². The van der Waals surface area contributed by atoms with Crippen LogP contribution in [0, 0.1) is 13.8 Å². The van der Waals surface area contributed by atoms with Crippen molar-refractivity contribution in [3.63, 3.8) is 0 Å². The second-order valence-corrected chi connectivity index (χ2v) is 7.68. The topological polar surface area (TPSA) is 63.1 Å². The van der Waals surface area contributed by atoms with Gasteiger partial charge >= 0.3 is 0 Å². The highest BCUT2D eigenvalue weighted by Gasteiger charge is 2.29. The zero-order valence-corrected chi connectivity index (χ0v) is 17.0. The lowest BCUT2D eigenvalue weighted by Gasteiger charge is -2.34. The number of aromatic nitrogens is 3.